The van der Waals surface area contributed by atoms with E-state index in [0.29, 0.717) is 39.1 Å². The molecule has 0 radical (unpaired) electrons. The van der Waals surface area contributed by atoms with Crippen molar-refractivity contribution in [1.29, 1.82) is 0 Å². The number of hydrogen-bond donors (Lipinski definition) is 0. The van der Waals surface area contributed by atoms with E-state index in [2.05, 4.69) is 0 Å². The van der Waals surface area contributed by atoms with Crippen LogP contribution in [0.5, 0.6) is 0 Å². The fourth-order valence-corrected chi connectivity index (χ4v) is 5.62. The molecule has 2 saturated heterocycles. The van der Waals surface area contributed by atoms with Crippen LogP contribution in [0.4, 0.5) is 5.69 Å². The summed E-state index contributed by atoms with van der Waals surface area (Å²) < 4.78 is 39.6. The Morgan fingerprint density at radius 1 is 1.03 bits per heavy atom. The maximum atomic E-state index is 13.3. The molecule has 2 aliphatic heterocycles. The van der Waals surface area contributed by atoms with Gasteiger partial charge >= 0.3 is 0 Å². The zero-order valence-electron chi connectivity index (χ0n) is 17.0. The molecule has 2 aliphatic rings. The number of nitrogens with zero attached hydrogens (tertiary/aromatic N) is 2. The third kappa shape index (κ3) is 6.13. The molecule has 30 heavy (non-hydrogen) atoms. The van der Waals surface area contributed by atoms with Crippen LogP contribution in [-0.4, -0.2) is 56.2 Å². The molecule has 0 bridgehead atoms. The smallest absolute Gasteiger partial charge is 0.289 e. The number of ether oxygens (including phenoxy) is 2. The molecule has 2 atom stereocenters. The van der Waals surface area contributed by atoms with Crippen LogP contribution in [0, 0.1) is 10.1 Å². The molecule has 0 amide bonds. The van der Waals surface area contributed by atoms with Crippen molar-refractivity contribution in [3.05, 3.63) is 33.3 Å². The second-order valence-electron chi connectivity index (χ2n) is 7.83. The van der Waals surface area contributed by atoms with Gasteiger partial charge in [0.15, 0.2) is 0 Å². The van der Waals surface area contributed by atoms with Crippen LogP contribution < -0.4 is 0 Å². The number of sulfonamides is 1. The van der Waals surface area contributed by atoms with Crippen molar-refractivity contribution in [3.63, 3.8) is 0 Å². The second-order valence-corrected chi connectivity index (χ2v) is 10.2. The van der Waals surface area contributed by atoms with E-state index in [0.717, 1.165) is 44.6 Å². The molecule has 2 fully saturated rings. The first-order valence-corrected chi connectivity index (χ1v) is 12.4. The Hall–Kier alpha value is -1.26. The summed E-state index contributed by atoms with van der Waals surface area (Å²) in [4.78, 5) is 10.4. The second kappa shape index (κ2) is 10.9. The van der Waals surface area contributed by atoms with E-state index in [1.54, 1.807) is 0 Å². The largest absolute Gasteiger partial charge is 0.378 e. The van der Waals surface area contributed by atoms with E-state index in [-0.39, 0.29) is 22.1 Å². The molecule has 0 spiro atoms. The van der Waals surface area contributed by atoms with E-state index < -0.39 is 20.6 Å². The highest BCUT2D eigenvalue weighted by Crippen LogP contribution is 2.29. The van der Waals surface area contributed by atoms with Crippen LogP contribution in [0.15, 0.2) is 23.1 Å². The van der Waals surface area contributed by atoms with Gasteiger partial charge in [0.25, 0.3) is 5.69 Å². The average Bonchev–Trinajstić information content (AvgIpc) is 2.75. The lowest BCUT2D eigenvalue weighted by atomic mass is 10.1. The van der Waals surface area contributed by atoms with Crippen LogP contribution in [0.3, 0.4) is 0 Å². The first-order valence-electron chi connectivity index (χ1n) is 10.6. The van der Waals surface area contributed by atoms with E-state index in [4.69, 9.17) is 21.1 Å². The van der Waals surface area contributed by atoms with Crippen molar-refractivity contribution in [1.82, 2.24) is 4.31 Å². The van der Waals surface area contributed by atoms with Gasteiger partial charge in [-0.25, -0.2) is 8.42 Å². The quantitative estimate of drug-likeness (QED) is 0.405. The number of rotatable bonds is 9. The van der Waals surface area contributed by atoms with Crippen molar-refractivity contribution in [2.45, 2.75) is 68.5 Å². The highest BCUT2D eigenvalue weighted by Gasteiger charge is 2.29. The Morgan fingerprint density at radius 3 is 2.07 bits per heavy atom. The summed E-state index contributed by atoms with van der Waals surface area (Å²) in [5.41, 5.74) is -0.413. The van der Waals surface area contributed by atoms with Crippen molar-refractivity contribution in [2.75, 3.05) is 26.3 Å². The van der Waals surface area contributed by atoms with Crippen LogP contribution in [0.25, 0.3) is 0 Å². The van der Waals surface area contributed by atoms with E-state index in [9.17, 15) is 18.5 Å². The number of halogens is 1. The monoisotopic (exact) mass is 460 g/mol. The molecule has 0 N–H and O–H groups in total. The lowest BCUT2D eigenvalue weighted by molar-refractivity contribution is -0.384. The number of nitro benzene ring substituents is 1. The molecule has 10 heteroatoms. The summed E-state index contributed by atoms with van der Waals surface area (Å²) >= 11 is 5.86. The lowest BCUT2D eigenvalue weighted by Crippen LogP contribution is -2.37. The summed E-state index contributed by atoms with van der Waals surface area (Å²) in [6.07, 6.45) is 7.36. The van der Waals surface area contributed by atoms with Crippen LogP contribution >= 0.6 is 11.6 Å². The molecule has 8 nitrogen and oxygen atoms in total. The summed E-state index contributed by atoms with van der Waals surface area (Å²) in [7, 11) is -3.92. The van der Waals surface area contributed by atoms with Gasteiger partial charge in [-0.3, -0.25) is 10.1 Å². The zero-order valence-corrected chi connectivity index (χ0v) is 18.6. The fraction of sp³-hybridized carbons (Fsp3) is 0.700. The maximum absolute atomic E-state index is 13.3. The Bertz CT molecular complexity index is 801. The van der Waals surface area contributed by atoms with Gasteiger partial charge in [0.05, 0.1) is 22.0 Å². The standard InChI is InChI=1S/C20H29ClN2O6S/c21-19-8-7-18(15-20(19)23(24)25)30(26,27)22(11-9-16-5-1-3-13-28-16)12-10-17-6-2-4-14-29-17/h7-8,15-17H,1-6,9-14H2. The zero-order chi connectivity index (χ0) is 21.6. The molecule has 0 aromatic heterocycles. The number of benzene rings is 1. The van der Waals surface area contributed by atoms with Gasteiger partial charge in [-0.2, -0.15) is 4.31 Å². The Kier molecular flexibility index (Phi) is 8.47. The number of hydrogen-bond acceptors (Lipinski definition) is 6. The van der Waals surface area contributed by atoms with Crippen molar-refractivity contribution in [2.24, 2.45) is 0 Å². The van der Waals surface area contributed by atoms with Gasteiger partial charge in [0.1, 0.15) is 5.02 Å². The van der Waals surface area contributed by atoms with Crippen molar-refractivity contribution < 1.29 is 22.8 Å². The maximum Gasteiger partial charge on any atom is 0.289 e. The van der Waals surface area contributed by atoms with Gasteiger partial charge in [0.2, 0.25) is 10.0 Å². The predicted molar refractivity (Wildman–Crippen MR) is 113 cm³/mol. The number of nitro groups is 1. The van der Waals surface area contributed by atoms with Gasteiger partial charge in [-0.05, 0) is 63.5 Å². The van der Waals surface area contributed by atoms with E-state index in [1.807, 2.05) is 0 Å². The Balaban J connectivity index is 1.77. The molecule has 168 valence electrons. The molecule has 2 unspecified atom stereocenters. The third-order valence-corrected chi connectivity index (χ3v) is 7.92. The molecular weight excluding hydrogens is 432 g/mol. The molecular formula is C20H29ClN2O6S. The summed E-state index contributed by atoms with van der Waals surface area (Å²) in [6, 6.07) is 3.63. The molecule has 1 aromatic carbocycles. The Labute approximate surface area is 182 Å². The van der Waals surface area contributed by atoms with Crippen LogP contribution in [-0.2, 0) is 19.5 Å². The lowest BCUT2D eigenvalue weighted by Gasteiger charge is -2.29. The first kappa shape index (κ1) is 23.4. The average molecular weight is 461 g/mol. The summed E-state index contributed by atoms with van der Waals surface area (Å²) in [6.45, 7) is 2.01. The highest BCUT2D eigenvalue weighted by atomic mass is 35.5. The fourth-order valence-electron chi connectivity index (χ4n) is 3.94. The van der Waals surface area contributed by atoms with Gasteiger partial charge in [-0.1, -0.05) is 11.6 Å². The van der Waals surface area contributed by atoms with Crippen molar-refractivity contribution in [3.8, 4) is 0 Å². The van der Waals surface area contributed by atoms with Crippen LogP contribution in [0.1, 0.15) is 51.4 Å². The summed E-state index contributed by atoms with van der Waals surface area (Å²) in [5.74, 6) is 0. The topological polar surface area (TPSA) is 99.0 Å². The minimum Gasteiger partial charge on any atom is -0.378 e. The van der Waals surface area contributed by atoms with Gasteiger partial charge < -0.3 is 9.47 Å². The van der Waals surface area contributed by atoms with E-state index >= 15 is 0 Å². The minimum absolute atomic E-state index is 0.0435. The SMILES string of the molecule is O=[N+]([O-])c1cc(S(=O)(=O)N(CCC2CCCCO2)CCC2CCCCO2)ccc1Cl. The summed E-state index contributed by atoms with van der Waals surface area (Å²) in [5, 5.41) is 11.1. The molecule has 2 heterocycles. The first-order chi connectivity index (χ1) is 14.4. The molecule has 0 saturated carbocycles. The van der Waals surface area contributed by atoms with Crippen molar-refractivity contribution >= 4 is 27.3 Å². The highest BCUT2D eigenvalue weighted by molar-refractivity contribution is 7.89. The van der Waals surface area contributed by atoms with Crippen LogP contribution in [0.2, 0.25) is 5.02 Å². The molecule has 0 aliphatic carbocycles. The Morgan fingerprint density at radius 2 is 1.60 bits per heavy atom. The van der Waals surface area contributed by atoms with Gasteiger partial charge in [0, 0.05) is 32.4 Å². The van der Waals surface area contributed by atoms with Gasteiger partial charge in [-0.15, -0.1) is 0 Å². The third-order valence-electron chi connectivity index (χ3n) is 5.70. The van der Waals surface area contributed by atoms with E-state index in [1.165, 1.54) is 16.4 Å². The normalized spacial score (nSPS) is 22.9. The molecule has 3 rings (SSSR count). The molecule has 1 aromatic rings. The minimum atomic E-state index is -3.92. The predicted octanol–water partition coefficient (Wildman–Crippen LogP) is 4.16.